The smallest absolute Gasteiger partial charge is 0.0771 e. The van der Waals surface area contributed by atoms with Crippen molar-refractivity contribution in [2.75, 3.05) is 6.54 Å². The summed E-state index contributed by atoms with van der Waals surface area (Å²) < 4.78 is 0. The van der Waals surface area contributed by atoms with Crippen LogP contribution in [0.15, 0.2) is 0 Å². The van der Waals surface area contributed by atoms with Gasteiger partial charge >= 0.3 is 0 Å². The highest BCUT2D eigenvalue weighted by Crippen LogP contribution is 2.32. The largest absolute Gasteiger partial charge is 0.389 e. The molecule has 94 valence electrons. The Bertz CT molecular complexity index is 203. The molecule has 0 aliphatic heterocycles. The minimum absolute atomic E-state index is 0.483. The molecule has 16 heavy (non-hydrogen) atoms. The third-order valence-corrected chi connectivity index (χ3v) is 4.59. The van der Waals surface area contributed by atoms with Gasteiger partial charge in [0.2, 0.25) is 0 Å². The van der Waals surface area contributed by atoms with Gasteiger partial charge in [0.15, 0.2) is 0 Å². The van der Waals surface area contributed by atoms with E-state index in [1.54, 1.807) is 0 Å². The molecule has 2 aliphatic carbocycles. The topological polar surface area (TPSA) is 32.3 Å². The summed E-state index contributed by atoms with van der Waals surface area (Å²) in [6.07, 6.45) is 11.8. The van der Waals surface area contributed by atoms with Crippen molar-refractivity contribution in [2.24, 2.45) is 5.92 Å². The number of hydrogen-bond donors (Lipinski definition) is 2. The van der Waals surface area contributed by atoms with E-state index in [0.717, 1.165) is 6.54 Å². The normalized spacial score (nSPS) is 28.1. The molecule has 0 aromatic carbocycles. The maximum atomic E-state index is 10.5. The molecule has 0 aromatic heterocycles. The average Bonchev–Trinajstić information content (AvgIpc) is 2.81. The van der Waals surface area contributed by atoms with Gasteiger partial charge in [-0.3, -0.25) is 0 Å². The number of rotatable bonds is 4. The zero-order valence-electron chi connectivity index (χ0n) is 10.7. The molecule has 2 nitrogen and oxygen atoms in total. The standard InChI is InChI=1S/C14H27NO/c1-14(16,12-7-3-2-4-8-12)11-15-13-9-5-6-10-13/h12-13,15-16H,2-11H2,1H3. The van der Waals surface area contributed by atoms with Crippen molar-refractivity contribution in [3.8, 4) is 0 Å². The van der Waals surface area contributed by atoms with Gasteiger partial charge in [-0.2, -0.15) is 0 Å². The number of nitrogens with one attached hydrogen (secondary N) is 1. The summed E-state index contributed by atoms with van der Waals surface area (Å²) in [4.78, 5) is 0. The molecular formula is C14H27NO. The maximum absolute atomic E-state index is 10.5. The van der Waals surface area contributed by atoms with Gasteiger partial charge in [0.25, 0.3) is 0 Å². The Morgan fingerprint density at radius 2 is 1.56 bits per heavy atom. The van der Waals surface area contributed by atoms with Crippen LogP contribution in [0.1, 0.15) is 64.7 Å². The second kappa shape index (κ2) is 5.50. The molecule has 0 heterocycles. The summed E-state index contributed by atoms with van der Waals surface area (Å²) in [5.74, 6) is 0.523. The minimum Gasteiger partial charge on any atom is -0.389 e. The molecule has 0 amide bonds. The fraction of sp³-hybridized carbons (Fsp3) is 1.00. The monoisotopic (exact) mass is 225 g/mol. The van der Waals surface area contributed by atoms with E-state index in [4.69, 9.17) is 0 Å². The molecule has 0 bridgehead atoms. The maximum Gasteiger partial charge on any atom is 0.0771 e. The Hall–Kier alpha value is -0.0800. The van der Waals surface area contributed by atoms with E-state index in [2.05, 4.69) is 5.32 Å². The predicted molar refractivity (Wildman–Crippen MR) is 67.5 cm³/mol. The molecule has 0 radical (unpaired) electrons. The summed E-state index contributed by atoms with van der Waals surface area (Å²) in [6.45, 7) is 2.83. The predicted octanol–water partition coefficient (Wildman–Crippen LogP) is 2.85. The van der Waals surface area contributed by atoms with Gasteiger partial charge in [0, 0.05) is 12.6 Å². The van der Waals surface area contributed by atoms with Crippen molar-refractivity contribution in [2.45, 2.75) is 76.4 Å². The van der Waals surface area contributed by atoms with Crippen molar-refractivity contribution < 1.29 is 5.11 Å². The molecular weight excluding hydrogens is 198 g/mol. The van der Waals surface area contributed by atoms with Crippen molar-refractivity contribution in [3.63, 3.8) is 0 Å². The number of aliphatic hydroxyl groups is 1. The highest BCUT2D eigenvalue weighted by molar-refractivity contribution is 4.88. The van der Waals surface area contributed by atoms with E-state index in [1.807, 2.05) is 6.92 Å². The second-order valence-electron chi connectivity index (χ2n) is 6.05. The summed E-state index contributed by atoms with van der Waals surface area (Å²) in [6, 6.07) is 0.676. The molecule has 2 rings (SSSR count). The zero-order chi connectivity index (χ0) is 11.4. The molecule has 2 aliphatic rings. The van der Waals surface area contributed by atoms with Crippen molar-refractivity contribution in [1.29, 1.82) is 0 Å². The zero-order valence-corrected chi connectivity index (χ0v) is 10.7. The van der Waals surface area contributed by atoms with Crippen molar-refractivity contribution in [3.05, 3.63) is 0 Å². The highest BCUT2D eigenvalue weighted by Gasteiger charge is 2.33. The minimum atomic E-state index is -0.483. The van der Waals surface area contributed by atoms with Gasteiger partial charge in [-0.05, 0) is 38.5 Å². The molecule has 2 fully saturated rings. The molecule has 0 aromatic rings. The lowest BCUT2D eigenvalue weighted by Gasteiger charge is -2.36. The van der Waals surface area contributed by atoms with Crippen LogP contribution in [0.2, 0.25) is 0 Å². The number of hydrogen-bond acceptors (Lipinski definition) is 2. The molecule has 2 saturated carbocycles. The van der Waals surface area contributed by atoms with Crippen LogP contribution in [0, 0.1) is 5.92 Å². The van der Waals surface area contributed by atoms with Crippen LogP contribution in [0.25, 0.3) is 0 Å². The van der Waals surface area contributed by atoms with E-state index < -0.39 is 5.60 Å². The van der Waals surface area contributed by atoms with Crippen LogP contribution in [0.4, 0.5) is 0 Å². The third-order valence-electron chi connectivity index (χ3n) is 4.59. The Labute approximate surface area is 99.8 Å². The van der Waals surface area contributed by atoms with E-state index in [1.165, 1.54) is 57.8 Å². The van der Waals surface area contributed by atoms with Crippen LogP contribution < -0.4 is 5.32 Å². The van der Waals surface area contributed by atoms with Crippen LogP contribution in [0.5, 0.6) is 0 Å². The van der Waals surface area contributed by atoms with Gasteiger partial charge in [-0.25, -0.2) is 0 Å². The Kier molecular flexibility index (Phi) is 4.26. The van der Waals surface area contributed by atoms with Crippen LogP contribution in [-0.2, 0) is 0 Å². The molecule has 1 unspecified atom stereocenters. The summed E-state index contributed by atoms with van der Waals surface area (Å²) in [5.41, 5.74) is -0.483. The van der Waals surface area contributed by atoms with E-state index in [0.29, 0.717) is 12.0 Å². The lowest BCUT2D eigenvalue weighted by molar-refractivity contribution is -0.0170. The highest BCUT2D eigenvalue weighted by atomic mass is 16.3. The molecule has 0 saturated heterocycles. The molecule has 0 spiro atoms. The van der Waals surface area contributed by atoms with Crippen LogP contribution in [-0.4, -0.2) is 23.3 Å². The van der Waals surface area contributed by atoms with Crippen LogP contribution >= 0.6 is 0 Å². The van der Waals surface area contributed by atoms with E-state index in [-0.39, 0.29) is 0 Å². The van der Waals surface area contributed by atoms with E-state index >= 15 is 0 Å². The third kappa shape index (κ3) is 3.21. The fourth-order valence-corrected chi connectivity index (χ4v) is 3.35. The lowest BCUT2D eigenvalue weighted by Crippen LogP contribution is -2.47. The SMILES string of the molecule is CC(O)(CNC1CCCC1)C1CCCCC1. The molecule has 2 N–H and O–H groups in total. The first kappa shape index (κ1) is 12.4. The average molecular weight is 225 g/mol. The van der Waals surface area contributed by atoms with Gasteiger partial charge < -0.3 is 10.4 Å². The first-order valence-corrected chi connectivity index (χ1v) is 7.14. The van der Waals surface area contributed by atoms with Gasteiger partial charge in [0.1, 0.15) is 0 Å². The lowest BCUT2D eigenvalue weighted by atomic mass is 9.78. The molecule has 1 atom stereocenters. The van der Waals surface area contributed by atoms with Crippen molar-refractivity contribution >= 4 is 0 Å². The first-order valence-electron chi connectivity index (χ1n) is 7.14. The fourth-order valence-electron chi connectivity index (χ4n) is 3.35. The quantitative estimate of drug-likeness (QED) is 0.771. The van der Waals surface area contributed by atoms with Crippen LogP contribution in [0.3, 0.4) is 0 Å². The Morgan fingerprint density at radius 3 is 2.19 bits per heavy atom. The van der Waals surface area contributed by atoms with Gasteiger partial charge in [-0.1, -0.05) is 32.1 Å². The van der Waals surface area contributed by atoms with E-state index in [9.17, 15) is 5.11 Å². The van der Waals surface area contributed by atoms with Gasteiger partial charge in [-0.15, -0.1) is 0 Å². The Morgan fingerprint density at radius 1 is 1.00 bits per heavy atom. The van der Waals surface area contributed by atoms with Crippen molar-refractivity contribution in [1.82, 2.24) is 5.32 Å². The summed E-state index contributed by atoms with van der Waals surface area (Å²) in [5, 5.41) is 14.1. The van der Waals surface area contributed by atoms with Gasteiger partial charge in [0.05, 0.1) is 5.60 Å². The first-order chi connectivity index (χ1) is 7.68. The second-order valence-corrected chi connectivity index (χ2v) is 6.05. The molecule has 2 heteroatoms. The summed E-state index contributed by atoms with van der Waals surface area (Å²) in [7, 11) is 0. The summed E-state index contributed by atoms with van der Waals surface area (Å²) >= 11 is 0. The Balaban J connectivity index is 1.76.